The van der Waals surface area contributed by atoms with Gasteiger partial charge in [0.1, 0.15) is 11.3 Å². The standard InChI is InChI=1S/C19H17F2N9O2/c20-15(21)16-24-14-11(3-1-4-12(14)31)30(16)19-26-17(23-13-5-2-6-22-28-13)25-18(27-19)29-7-9-32-10-8-29/h1-6,15,31H,7-10H2,(H,23,25,26,27,28). The monoisotopic (exact) mass is 441 g/mol. The number of halogens is 2. The maximum absolute atomic E-state index is 13.9. The van der Waals surface area contributed by atoms with Crippen LogP contribution in [0.25, 0.3) is 17.0 Å². The summed E-state index contributed by atoms with van der Waals surface area (Å²) in [6, 6.07) is 7.82. The summed E-state index contributed by atoms with van der Waals surface area (Å²) >= 11 is 0. The van der Waals surface area contributed by atoms with Crippen molar-refractivity contribution in [3.63, 3.8) is 0 Å². The number of imidazole rings is 1. The van der Waals surface area contributed by atoms with Crippen LogP contribution in [0.5, 0.6) is 5.75 Å². The fourth-order valence-electron chi connectivity index (χ4n) is 3.36. The zero-order valence-electron chi connectivity index (χ0n) is 16.6. The Hall–Kier alpha value is -4.00. The Morgan fingerprint density at radius 3 is 2.56 bits per heavy atom. The molecule has 1 saturated heterocycles. The highest BCUT2D eigenvalue weighted by Crippen LogP contribution is 2.31. The summed E-state index contributed by atoms with van der Waals surface area (Å²) in [5.74, 6) is -0.128. The molecule has 0 bridgehead atoms. The van der Waals surface area contributed by atoms with E-state index in [2.05, 4.69) is 35.5 Å². The Kier molecular flexibility index (Phi) is 5.15. The first kappa shape index (κ1) is 19.9. The minimum Gasteiger partial charge on any atom is -0.506 e. The van der Waals surface area contributed by atoms with Crippen LogP contribution >= 0.6 is 0 Å². The van der Waals surface area contributed by atoms with Gasteiger partial charge >= 0.3 is 0 Å². The van der Waals surface area contributed by atoms with E-state index in [-0.39, 0.29) is 34.6 Å². The van der Waals surface area contributed by atoms with Crippen molar-refractivity contribution < 1.29 is 18.6 Å². The number of nitrogens with zero attached hydrogens (tertiary/aromatic N) is 8. The van der Waals surface area contributed by atoms with Crippen LogP contribution in [0.15, 0.2) is 36.5 Å². The highest BCUT2D eigenvalue weighted by Gasteiger charge is 2.25. The van der Waals surface area contributed by atoms with Gasteiger partial charge in [0.2, 0.25) is 17.8 Å². The zero-order valence-corrected chi connectivity index (χ0v) is 16.6. The van der Waals surface area contributed by atoms with Crippen LogP contribution in [0.2, 0.25) is 0 Å². The molecule has 164 valence electrons. The lowest BCUT2D eigenvalue weighted by Crippen LogP contribution is -2.37. The van der Waals surface area contributed by atoms with E-state index in [9.17, 15) is 13.9 Å². The van der Waals surface area contributed by atoms with Crippen LogP contribution in [-0.2, 0) is 4.74 Å². The molecule has 0 spiro atoms. The molecule has 1 fully saturated rings. The van der Waals surface area contributed by atoms with Crippen LogP contribution in [0.4, 0.5) is 26.5 Å². The molecule has 0 aliphatic carbocycles. The number of morpholine rings is 1. The average Bonchev–Trinajstić information content (AvgIpc) is 3.22. The Labute approximate surface area is 179 Å². The lowest BCUT2D eigenvalue weighted by Gasteiger charge is -2.27. The van der Waals surface area contributed by atoms with Crippen LogP contribution < -0.4 is 10.2 Å². The summed E-state index contributed by atoms with van der Waals surface area (Å²) in [6.07, 6.45) is -1.41. The van der Waals surface area contributed by atoms with Gasteiger partial charge in [-0.3, -0.25) is 4.57 Å². The topological polar surface area (TPSA) is 127 Å². The minimum atomic E-state index is -2.93. The SMILES string of the molecule is Oc1cccc2c1nc(C(F)F)n2-c1nc(Nc2cccnn2)nc(N2CCOCC2)n1. The van der Waals surface area contributed by atoms with E-state index in [0.29, 0.717) is 32.1 Å². The Morgan fingerprint density at radius 2 is 1.81 bits per heavy atom. The molecule has 1 aromatic carbocycles. The number of fused-ring (bicyclic) bond motifs is 1. The summed E-state index contributed by atoms with van der Waals surface area (Å²) in [4.78, 5) is 19.0. The summed E-state index contributed by atoms with van der Waals surface area (Å²) in [6.45, 7) is 2.03. The van der Waals surface area contributed by atoms with E-state index in [1.54, 1.807) is 18.2 Å². The largest absolute Gasteiger partial charge is 0.506 e. The van der Waals surface area contributed by atoms with Crippen molar-refractivity contribution >= 4 is 28.7 Å². The number of phenols is 1. The van der Waals surface area contributed by atoms with E-state index in [4.69, 9.17) is 4.74 Å². The molecule has 0 saturated carbocycles. The molecule has 32 heavy (non-hydrogen) atoms. The molecule has 13 heteroatoms. The number of ether oxygens (including phenoxy) is 1. The van der Waals surface area contributed by atoms with Gasteiger partial charge in [0.25, 0.3) is 6.43 Å². The highest BCUT2D eigenvalue weighted by molar-refractivity contribution is 5.83. The fraction of sp³-hybridized carbons (Fsp3) is 0.263. The number of benzene rings is 1. The Morgan fingerprint density at radius 1 is 1.00 bits per heavy atom. The predicted molar refractivity (Wildman–Crippen MR) is 109 cm³/mol. The molecule has 3 aromatic heterocycles. The second kappa shape index (κ2) is 8.26. The maximum atomic E-state index is 13.9. The number of nitrogens with one attached hydrogen (secondary N) is 1. The molecule has 5 rings (SSSR count). The van der Waals surface area contributed by atoms with Crippen molar-refractivity contribution in [2.75, 3.05) is 36.5 Å². The van der Waals surface area contributed by atoms with Gasteiger partial charge in [-0.05, 0) is 24.3 Å². The normalized spacial score (nSPS) is 14.3. The molecule has 11 nitrogen and oxygen atoms in total. The van der Waals surface area contributed by atoms with E-state index in [1.807, 2.05) is 4.90 Å². The maximum Gasteiger partial charge on any atom is 0.296 e. The van der Waals surface area contributed by atoms with Gasteiger partial charge in [0.15, 0.2) is 11.6 Å². The third-order valence-electron chi connectivity index (χ3n) is 4.80. The molecular weight excluding hydrogens is 424 g/mol. The van der Waals surface area contributed by atoms with Crippen LogP contribution in [0, 0.1) is 0 Å². The van der Waals surface area contributed by atoms with Crippen molar-refractivity contribution in [3.05, 3.63) is 42.4 Å². The molecule has 1 aliphatic heterocycles. The van der Waals surface area contributed by atoms with Crippen LogP contribution in [-0.4, -0.2) is 66.1 Å². The summed E-state index contributed by atoms with van der Waals surface area (Å²) < 4.78 is 34.3. The molecule has 4 aromatic rings. The Balaban J connectivity index is 1.68. The molecule has 0 atom stereocenters. The van der Waals surface area contributed by atoms with E-state index >= 15 is 0 Å². The number of alkyl halides is 2. The van der Waals surface area contributed by atoms with Crippen molar-refractivity contribution in [2.45, 2.75) is 6.43 Å². The van der Waals surface area contributed by atoms with E-state index < -0.39 is 12.2 Å². The summed E-state index contributed by atoms with van der Waals surface area (Å²) in [5.41, 5.74) is 0.268. The van der Waals surface area contributed by atoms with E-state index in [0.717, 1.165) is 4.57 Å². The number of para-hydroxylation sites is 1. The first-order chi connectivity index (χ1) is 15.6. The van der Waals surface area contributed by atoms with E-state index in [1.165, 1.54) is 18.3 Å². The van der Waals surface area contributed by atoms with Crippen molar-refractivity contribution in [3.8, 4) is 11.7 Å². The highest BCUT2D eigenvalue weighted by atomic mass is 19.3. The van der Waals surface area contributed by atoms with Gasteiger partial charge in [-0.25, -0.2) is 13.8 Å². The van der Waals surface area contributed by atoms with Gasteiger partial charge in [-0.15, -0.1) is 5.10 Å². The van der Waals surface area contributed by atoms with Gasteiger partial charge in [0.05, 0.1) is 18.7 Å². The number of aromatic hydroxyl groups is 1. The zero-order chi connectivity index (χ0) is 22.1. The quantitative estimate of drug-likeness (QED) is 0.476. The molecule has 0 radical (unpaired) electrons. The molecule has 1 aliphatic rings. The lowest BCUT2D eigenvalue weighted by molar-refractivity contribution is 0.122. The predicted octanol–water partition coefficient (Wildman–Crippen LogP) is 2.22. The number of hydrogen-bond acceptors (Lipinski definition) is 10. The van der Waals surface area contributed by atoms with Gasteiger partial charge in [-0.2, -0.15) is 20.1 Å². The third kappa shape index (κ3) is 3.73. The van der Waals surface area contributed by atoms with Crippen molar-refractivity contribution in [1.82, 2.24) is 34.7 Å². The van der Waals surface area contributed by atoms with Crippen LogP contribution in [0.3, 0.4) is 0 Å². The number of anilines is 3. The van der Waals surface area contributed by atoms with Gasteiger partial charge in [0, 0.05) is 19.3 Å². The third-order valence-corrected chi connectivity index (χ3v) is 4.80. The smallest absolute Gasteiger partial charge is 0.296 e. The first-order valence-electron chi connectivity index (χ1n) is 9.72. The van der Waals surface area contributed by atoms with Crippen LogP contribution in [0.1, 0.15) is 12.2 Å². The molecule has 0 amide bonds. The summed E-state index contributed by atoms with van der Waals surface area (Å²) in [5, 5.41) is 20.8. The van der Waals surface area contributed by atoms with Crippen molar-refractivity contribution in [2.24, 2.45) is 0 Å². The fourth-order valence-corrected chi connectivity index (χ4v) is 3.36. The Bertz CT molecular complexity index is 1250. The first-order valence-corrected chi connectivity index (χ1v) is 9.72. The number of aromatic nitrogens is 7. The van der Waals surface area contributed by atoms with Gasteiger partial charge in [-0.1, -0.05) is 6.07 Å². The average molecular weight is 441 g/mol. The molecule has 4 heterocycles. The molecule has 0 unspecified atom stereocenters. The lowest BCUT2D eigenvalue weighted by atomic mass is 10.3. The van der Waals surface area contributed by atoms with Gasteiger partial charge < -0.3 is 20.1 Å². The molecular formula is C19H17F2N9O2. The minimum absolute atomic E-state index is 0.0274. The summed E-state index contributed by atoms with van der Waals surface area (Å²) in [7, 11) is 0. The second-order valence-corrected chi connectivity index (χ2v) is 6.84. The van der Waals surface area contributed by atoms with Crippen molar-refractivity contribution in [1.29, 1.82) is 0 Å². The molecule has 2 N–H and O–H groups in total. The number of phenolic OH excluding ortho intramolecular Hbond substituents is 1. The second-order valence-electron chi connectivity index (χ2n) is 6.84. The number of hydrogen-bond donors (Lipinski definition) is 2. The number of rotatable bonds is 5.